The molecule has 0 aliphatic carbocycles. The topological polar surface area (TPSA) is 78.1 Å². The standard InChI is InChI=1S/2C14H14.H6N3PS/c2*1-11-8-9-14(12(2)10-11)13-6-4-3-5-7-13;1-4(2,3)5/h2*3-10H,1-2H3;(H6,1,2,3,5). The van der Waals surface area contributed by atoms with Crippen LogP contribution in [0.3, 0.4) is 0 Å². The molecule has 0 fully saturated rings. The van der Waals surface area contributed by atoms with Crippen molar-refractivity contribution < 1.29 is 0 Å². The third-order valence-electron chi connectivity index (χ3n) is 4.93. The first-order chi connectivity index (χ1) is 15.5. The third-order valence-corrected chi connectivity index (χ3v) is 4.93. The van der Waals surface area contributed by atoms with Gasteiger partial charge in [0.25, 0.3) is 0 Å². The summed E-state index contributed by atoms with van der Waals surface area (Å²) in [6.07, 6.45) is 0. The molecule has 3 nitrogen and oxygen atoms in total. The van der Waals surface area contributed by atoms with Gasteiger partial charge in [0.15, 0.2) is 0 Å². The summed E-state index contributed by atoms with van der Waals surface area (Å²) in [5.41, 5.74) is 25.1. The summed E-state index contributed by atoms with van der Waals surface area (Å²) in [5, 5.41) is 0. The van der Waals surface area contributed by atoms with Crippen LogP contribution in [0.2, 0.25) is 0 Å². The van der Waals surface area contributed by atoms with E-state index in [1.54, 1.807) is 0 Å². The average Bonchev–Trinajstić information content (AvgIpc) is 2.74. The first-order valence-electron chi connectivity index (χ1n) is 10.8. The molecule has 0 unspecified atom stereocenters. The Bertz CT molecular complexity index is 1110. The van der Waals surface area contributed by atoms with Crippen molar-refractivity contribution >= 4 is 18.3 Å². The molecule has 0 aliphatic heterocycles. The van der Waals surface area contributed by atoms with Crippen LogP contribution in [0.1, 0.15) is 22.3 Å². The Morgan fingerprint density at radius 1 is 0.515 bits per heavy atom. The number of benzene rings is 4. The van der Waals surface area contributed by atoms with E-state index in [-0.39, 0.29) is 0 Å². The Hall–Kier alpha value is -2.59. The van der Waals surface area contributed by atoms with Crippen LogP contribution in [0.25, 0.3) is 22.3 Å². The van der Waals surface area contributed by atoms with Crippen LogP contribution in [0.15, 0.2) is 97.1 Å². The van der Waals surface area contributed by atoms with Crippen LogP contribution in [-0.2, 0) is 11.8 Å². The summed E-state index contributed by atoms with van der Waals surface area (Å²) in [5.74, 6) is 0. The van der Waals surface area contributed by atoms with Crippen LogP contribution >= 0.6 is 6.49 Å². The molecular formula is C28H34N3PS. The normalized spacial score (nSPS) is 10.4. The van der Waals surface area contributed by atoms with Gasteiger partial charge in [-0.1, -0.05) is 108 Å². The van der Waals surface area contributed by atoms with Gasteiger partial charge in [-0.2, -0.15) is 0 Å². The largest absolute Gasteiger partial charge is 0.280 e. The van der Waals surface area contributed by atoms with Gasteiger partial charge in [0.1, 0.15) is 6.49 Å². The van der Waals surface area contributed by atoms with Gasteiger partial charge in [0.05, 0.1) is 0 Å². The highest BCUT2D eigenvalue weighted by Crippen LogP contribution is 2.24. The van der Waals surface area contributed by atoms with Crippen LogP contribution in [0, 0.1) is 27.7 Å². The van der Waals surface area contributed by atoms with Crippen LogP contribution < -0.4 is 16.5 Å². The Labute approximate surface area is 203 Å². The maximum absolute atomic E-state index is 4.84. The van der Waals surface area contributed by atoms with Gasteiger partial charge in [-0.15, -0.1) is 0 Å². The highest BCUT2D eigenvalue weighted by molar-refractivity contribution is 8.11. The summed E-state index contributed by atoms with van der Waals surface area (Å²) >= 11 is 4.27. The zero-order valence-corrected chi connectivity index (χ0v) is 21.5. The van der Waals surface area contributed by atoms with E-state index >= 15 is 0 Å². The number of hydrogen-bond acceptors (Lipinski definition) is 1. The highest BCUT2D eigenvalue weighted by Gasteiger charge is 2.01. The Morgan fingerprint density at radius 2 is 0.818 bits per heavy atom. The highest BCUT2D eigenvalue weighted by atomic mass is 32.4. The van der Waals surface area contributed by atoms with Gasteiger partial charge in [-0.05, 0) is 72.9 Å². The van der Waals surface area contributed by atoms with E-state index in [0.29, 0.717) is 0 Å². The van der Waals surface area contributed by atoms with E-state index < -0.39 is 6.49 Å². The van der Waals surface area contributed by atoms with Crippen LogP contribution in [-0.4, -0.2) is 0 Å². The Balaban J connectivity index is 0.000000195. The van der Waals surface area contributed by atoms with Crippen LogP contribution in [0.4, 0.5) is 0 Å². The average molecular weight is 476 g/mol. The molecule has 33 heavy (non-hydrogen) atoms. The zero-order chi connectivity index (χ0) is 24.4. The van der Waals surface area contributed by atoms with Crippen molar-refractivity contribution in [1.82, 2.24) is 0 Å². The fraction of sp³-hybridized carbons (Fsp3) is 0.143. The van der Waals surface area contributed by atoms with Gasteiger partial charge >= 0.3 is 0 Å². The maximum atomic E-state index is 4.84. The van der Waals surface area contributed by atoms with Gasteiger partial charge in [-0.3, -0.25) is 16.5 Å². The molecule has 6 N–H and O–H groups in total. The summed E-state index contributed by atoms with van der Waals surface area (Å²) in [4.78, 5) is 0. The third kappa shape index (κ3) is 9.83. The molecule has 172 valence electrons. The SMILES string of the molecule is Cc1ccc(-c2ccccc2)c(C)c1.Cc1ccc(-c2ccccc2)c(C)c1.NP(N)(N)=S. The molecule has 4 aromatic rings. The second kappa shape index (κ2) is 12.6. The number of aryl methyl sites for hydroxylation is 4. The smallest absolute Gasteiger partial charge is 0.129 e. The molecule has 0 radical (unpaired) electrons. The zero-order valence-electron chi connectivity index (χ0n) is 19.8. The van der Waals surface area contributed by atoms with Gasteiger partial charge in [0.2, 0.25) is 0 Å². The van der Waals surface area contributed by atoms with Crippen molar-refractivity contribution in [3.05, 3.63) is 119 Å². The van der Waals surface area contributed by atoms with Crippen molar-refractivity contribution in [3.8, 4) is 22.3 Å². The molecule has 0 aromatic heterocycles. The summed E-state index contributed by atoms with van der Waals surface area (Å²) in [7, 11) is 0. The predicted octanol–water partition coefficient (Wildman–Crippen LogP) is 7.03. The monoisotopic (exact) mass is 475 g/mol. The van der Waals surface area contributed by atoms with Gasteiger partial charge in [0, 0.05) is 0 Å². The van der Waals surface area contributed by atoms with E-state index in [0.717, 1.165) is 0 Å². The fourth-order valence-electron chi connectivity index (χ4n) is 3.51. The van der Waals surface area contributed by atoms with Gasteiger partial charge < -0.3 is 0 Å². The van der Waals surface area contributed by atoms with E-state index in [1.165, 1.54) is 44.5 Å². The minimum Gasteiger partial charge on any atom is -0.280 e. The molecule has 0 amide bonds. The van der Waals surface area contributed by atoms with Crippen LogP contribution in [0.5, 0.6) is 0 Å². The lowest BCUT2D eigenvalue weighted by Crippen LogP contribution is -2.11. The molecule has 0 bridgehead atoms. The summed E-state index contributed by atoms with van der Waals surface area (Å²) in [6, 6.07) is 34.2. The summed E-state index contributed by atoms with van der Waals surface area (Å²) < 4.78 is 0. The molecule has 5 heteroatoms. The second-order valence-electron chi connectivity index (χ2n) is 8.13. The van der Waals surface area contributed by atoms with Crippen molar-refractivity contribution in [1.29, 1.82) is 0 Å². The first-order valence-corrected chi connectivity index (χ1v) is 13.8. The lowest BCUT2D eigenvalue weighted by molar-refractivity contribution is 1.38. The summed E-state index contributed by atoms with van der Waals surface area (Å²) in [6.45, 7) is 6.27. The quantitative estimate of drug-likeness (QED) is 0.272. The minimum absolute atomic E-state index is 1.30. The number of rotatable bonds is 2. The Kier molecular flexibility index (Phi) is 10.2. The molecule has 0 heterocycles. The first kappa shape index (κ1) is 26.7. The van der Waals surface area contributed by atoms with Crippen molar-refractivity contribution in [2.24, 2.45) is 16.5 Å². The molecule has 0 saturated carbocycles. The molecule has 0 saturated heterocycles. The number of nitrogens with two attached hydrogens (primary N) is 3. The molecule has 0 aliphatic rings. The van der Waals surface area contributed by atoms with Gasteiger partial charge in [-0.25, -0.2) is 0 Å². The molecular weight excluding hydrogens is 441 g/mol. The number of hydrogen-bond donors (Lipinski definition) is 3. The Morgan fingerprint density at radius 3 is 1.09 bits per heavy atom. The van der Waals surface area contributed by atoms with E-state index in [2.05, 4.69) is 124 Å². The van der Waals surface area contributed by atoms with E-state index in [1.807, 2.05) is 12.1 Å². The van der Waals surface area contributed by atoms with E-state index in [4.69, 9.17) is 16.5 Å². The predicted molar refractivity (Wildman–Crippen MR) is 150 cm³/mol. The van der Waals surface area contributed by atoms with E-state index in [9.17, 15) is 0 Å². The molecule has 0 atom stereocenters. The minimum atomic E-state index is -2.31. The van der Waals surface area contributed by atoms with Crippen molar-refractivity contribution in [2.45, 2.75) is 27.7 Å². The lowest BCUT2D eigenvalue weighted by Gasteiger charge is -2.06. The lowest BCUT2D eigenvalue weighted by atomic mass is 9.99. The molecule has 0 spiro atoms. The van der Waals surface area contributed by atoms with Crippen molar-refractivity contribution in [2.75, 3.05) is 0 Å². The second-order valence-corrected chi connectivity index (χ2v) is 11.6. The van der Waals surface area contributed by atoms with Crippen molar-refractivity contribution in [3.63, 3.8) is 0 Å². The molecule has 4 aromatic carbocycles. The maximum Gasteiger partial charge on any atom is 0.129 e. The fourth-order valence-corrected chi connectivity index (χ4v) is 3.51. The molecule has 4 rings (SSSR count).